The van der Waals surface area contributed by atoms with Gasteiger partial charge in [-0.1, -0.05) is 25.9 Å². The molecule has 1 saturated heterocycles. The minimum atomic E-state index is 0.381. The second-order valence-corrected chi connectivity index (χ2v) is 7.07. The van der Waals surface area contributed by atoms with Gasteiger partial charge in [-0.3, -0.25) is 9.89 Å². The highest BCUT2D eigenvalue weighted by molar-refractivity contribution is 5.80. The number of nitrogens with zero attached hydrogens (tertiary/aromatic N) is 3. The minimum absolute atomic E-state index is 0.381. The van der Waals surface area contributed by atoms with Crippen LogP contribution in [0.15, 0.2) is 15.6 Å². The number of aliphatic imine (C=N–C) groups is 1. The third-order valence-electron chi connectivity index (χ3n) is 4.52. The molecule has 23 heavy (non-hydrogen) atoms. The summed E-state index contributed by atoms with van der Waals surface area (Å²) in [5.74, 6) is 2.63. The maximum atomic E-state index is 5.36. The maximum Gasteiger partial charge on any atom is 0.191 e. The molecule has 6 heteroatoms. The first-order valence-electron chi connectivity index (χ1n) is 8.57. The standard InChI is InChI=1S/C17H31N5O/c1-11(2)15-7-14(23-21-15)8-19-17(18-6)20-16-10-22(12(3)4)9-13(16)5/h7,11-13,16H,8-10H2,1-6H3,(H2,18,19,20). The molecule has 0 spiro atoms. The van der Waals surface area contributed by atoms with Gasteiger partial charge in [0.05, 0.1) is 12.2 Å². The highest BCUT2D eigenvalue weighted by Gasteiger charge is 2.31. The first-order valence-corrected chi connectivity index (χ1v) is 8.57. The molecule has 0 saturated carbocycles. The van der Waals surface area contributed by atoms with Crippen LogP contribution in [-0.4, -0.2) is 48.2 Å². The Hall–Kier alpha value is -1.56. The van der Waals surface area contributed by atoms with E-state index in [-0.39, 0.29) is 0 Å². The normalized spacial score (nSPS) is 23.0. The number of hydrogen-bond acceptors (Lipinski definition) is 4. The lowest BCUT2D eigenvalue weighted by Gasteiger charge is -2.21. The molecule has 6 nitrogen and oxygen atoms in total. The maximum absolute atomic E-state index is 5.36. The van der Waals surface area contributed by atoms with Crippen molar-refractivity contribution in [2.24, 2.45) is 10.9 Å². The van der Waals surface area contributed by atoms with Gasteiger partial charge in [-0.25, -0.2) is 0 Å². The van der Waals surface area contributed by atoms with Gasteiger partial charge in [0, 0.05) is 38.3 Å². The van der Waals surface area contributed by atoms with Crippen LogP contribution in [0.2, 0.25) is 0 Å². The largest absolute Gasteiger partial charge is 0.359 e. The molecule has 1 aliphatic rings. The SMILES string of the molecule is CN=C(NCc1cc(C(C)C)no1)NC1CN(C(C)C)CC1C. The average Bonchev–Trinajstić information content (AvgIpc) is 3.10. The summed E-state index contributed by atoms with van der Waals surface area (Å²) in [7, 11) is 1.80. The van der Waals surface area contributed by atoms with E-state index in [1.807, 2.05) is 6.07 Å². The van der Waals surface area contributed by atoms with Crippen molar-refractivity contribution in [2.75, 3.05) is 20.1 Å². The summed E-state index contributed by atoms with van der Waals surface area (Å²) < 4.78 is 5.36. The van der Waals surface area contributed by atoms with Crippen LogP contribution in [-0.2, 0) is 6.54 Å². The van der Waals surface area contributed by atoms with Crippen molar-refractivity contribution in [1.29, 1.82) is 0 Å². The molecule has 1 fully saturated rings. The molecule has 1 aromatic heterocycles. The molecule has 0 amide bonds. The lowest BCUT2D eigenvalue weighted by Crippen LogP contribution is -2.46. The third kappa shape index (κ3) is 4.70. The molecule has 1 aliphatic heterocycles. The van der Waals surface area contributed by atoms with Crippen LogP contribution >= 0.6 is 0 Å². The fourth-order valence-electron chi connectivity index (χ4n) is 2.84. The quantitative estimate of drug-likeness (QED) is 0.643. The molecular weight excluding hydrogens is 290 g/mol. The molecule has 2 heterocycles. The van der Waals surface area contributed by atoms with Crippen molar-refractivity contribution >= 4 is 5.96 Å². The zero-order chi connectivity index (χ0) is 17.0. The number of aromatic nitrogens is 1. The molecule has 0 aliphatic carbocycles. The summed E-state index contributed by atoms with van der Waals surface area (Å²) >= 11 is 0. The van der Waals surface area contributed by atoms with E-state index in [0.717, 1.165) is 30.5 Å². The third-order valence-corrected chi connectivity index (χ3v) is 4.52. The van der Waals surface area contributed by atoms with Gasteiger partial charge in [0.15, 0.2) is 11.7 Å². The molecule has 2 rings (SSSR count). The van der Waals surface area contributed by atoms with Crippen molar-refractivity contribution in [2.45, 2.75) is 59.2 Å². The van der Waals surface area contributed by atoms with E-state index in [1.165, 1.54) is 0 Å². The van der Waals surface area contributed by atoms with Crippen LogP contribution in [0.25, 0.3) is 0 Å². The number of likely N-dealkylation sites (tertiary alicyclic amines) is 1. The van der Waals surface area contributed by atoms with Gasteiger partial charge in [-0.05, 0) is 25.7 Å². The van der Waals surface area contributed by atoms with Crippen LogP contribution in [0.1, 0.15) is 52.0 Å². The first kappa shape index (κ1) is 17.8. The summed E-state index contributed by atoms with van der Waals surface area (Å²) in [5, 5.41) is 10.9. The number of nitrogens with one attached hydrogen (secondary N) is 2. The Balaban J connectivity index is 1.86. The van der Waals surface area contributed by atoms with Gasteiger partial charge < -0.3 is 15.2 Å². The highest BCUT2D eigenvalue weighted by atomic mass is 16.5. The summed E-state index contributed by atoms with van der Waals surface area (Å²) in [6.07, 6.45) is 0. The van der Waals surface area contributed by atoms with Gasteiger partial charge in [-0.2, -0.15) is 0 Å². The second kappa shape index (κ2) is 7.81. The van der Waals surface area contributed by atoms with E-state index in [1.54, 1.807) is 7.05 Å². The molecule has 0 aromatic carbocycles. The van der Waals surface area contributed by atoms with Gasteiger partial charge >= 0.3 is 0 Å². The molecule has 0 radical (unpaired) electrons. The number of hydrogen-bond donors (Lipinski definition) is 2. The van der Waals surface area contributed by atoms with Crippen molar-refractivity contribution < 1.29 is 4.52 Å². The van der Waals surface area contributed by atoms with Crippen molar-refractivity contribution in [3.05, 3.63) is 17.5 Å². The molecule has 2 N–H and O–H groups in total. The predicted octanol–water partition coefficient (Wildman–Crippen LogP) is 2.19. The van der Waals surface area contributed by atoms with E-state index < -0.39 is 0 Å². The van der Waals surface area contributed by atoms with E-state index in [2.05, 4.69) is 60.3 Å². The van der Waals surface area contributed by atoms with E-state index in [4.69, 9.17) is 4.52 Å². The van der Waals surface area contributed by atoms with Crippen LogP contribution in [0, 0.1) is 5.92 Å². The van der Waals surface area contributed by atoms with Crippen LogP contribution in [0.5, 0.6) is 0 Å². The van der Waals surface area contributed by atoms with Crippen molar-refractivity contribution in [3.8, 4) is 0 Å². The summed E-state index contributed by atoms with van der Waals surface area (Å²) in [5.41, 5.74) is 0.988. The average molecular weight is 321 g/mol. The Morgan fingerprint density at radius 1 is 1.39 bits per heavy atom. The predicted molar refractivity (Wildman–Crippen MR) is 93.6 cm³/mol. The van der Waals surface area contributed by atoms with E-state index in [9.17, 15) is 0 Å². The number of rotatable bonds is 5. The summed E-state index contributed by atoms with van der Waals surface area (Å²) in [4.78, 5) is 6.83. The fourth-order valence-corrected chi connectivity index (χ4v) is 2.84. The Bertz CT molecular complexity index is 523. The first-order chi connectivity index (χ1) is 10.9. The molecule has 1 aromatic rings. The summed E-state index contributed by atoms with van der Waals surface area (Å²) in [6.45, 7) is 13.8. The Morgan fingerprint density at radius 3 is 2.65 bits per heavy atom. The molecule has 2 atom stereocenters. The van der Waals surface area contributed by atoms with Gasteiger partial charge in [-0.15, -0.1) is 0 Å². The topological polar surface area (TPSA) is 65.7 Å². The van der Waals surface area contributed by atoms with E-state index >= 15 is 0 Å². The second-order valence-electron chi connectivity index (χ2n) is 7.07. The highest BCUT2D eigenvalue weighted by Crippen LogP contribution is 2.18. The Kier molecular flexibility index (Phi) is 6.04. The van der Waals surface area contributed by atoms with Crippen LogP contribution < -0.4 is 10.6 Å². The van der Waals surface area contributed by atoms with Crippen LogP contribution in [0.3, 0.4) is 0 Å². The minimum Gasteiger partial charge on any atom is -0.359 e. The van der Waals surface area contributed by atoms with Crippen LogP contribution in [0.4, 0.5) is 0 Å². The smallest absolute Gasteiger partial charge is 0.191 e. The Labute approximate surface area is 139 Å². The zero-order valence-corrected chi connectivity index (χ0v) is 15.3. The summed E-state index contributed by atoms with van der Waals surface area (Å²) in [6, 6.07) is 3.01. The lowest BCUT2D eigenvalue weighted by molar-refractivity contribution is 0.265. The van der Waals surface area contributed by atoms with Crippen molar-refractivity contribution in [1.82, 2.24) is 20.7 Å². The van der Waals surface area contributed by atoms with Gasteiger partial charge in [0.25, 0.3) is 0 Å². The van der Waals surface area contributed by atoms with Gasteiger partial charge in [0.1, 0.15) is 0 Å². The van der Waals surface area contributed by atoms with E-state index in [0.29, 0.717) is 30.5 Å². The lowest BCUT2D eigenvalue weighted by atomic mass is 10.1. The number of guanidine groups is 1. The van der Waals surface area contributed by atoms with Crippen molar-refractivity contribution in [3.63, 3.8) is 0 Å². The molecular formula is C17H31N5O. The molecule has 2 unspecified atom stereocenters. The molecule has 130 valence electrons. The monoisotopic (exact) mass is 321 g/mol. The molecule has 0 bridgehead atoms. The van der Waals surface area contributed by atoms with Gasteiger partial charge in [0.2, 0.25) is 0 Å². The fraction of sp³-hybridized carbons (Fsp3) is 0.765. The zero-order valence-electron chi connectivity index (χ0n) is 15.3. The Morgan fingerprint density at radius 2 is 2.13 bits per heavy atom.